The van der Waals surface area contributed by atoms with E-state index < -0.39 is 11.6 Å². The molecule has 3 rings (SSSR count). The summed E-state index contributed by atoms with van der Waals surface area (Å²) in [7, 11) is 1.39. The number of imidazole rings is 1. The van der Waals surface area contributed by atoms with Crippen LogP contribution in [-0.2, 0) is 0 Å². The lowest BCUT2D eigenvalue weighted by Gasteiger charge is -2.33. The second-order valence-electron chi connectivity index (χ2n) is 6.45. The van der Waals surface area contributed by atoms with Gasteiger partial charge in [0.05, 0.1) is 12.8 Å². The number of methoxy groups -OCH3 is 1. The maximum atomic E-state index is 14.7. The number of aryl methyl sites for hydroxylation is 1. The van der Waals surface area contributed by atoms with Gasteiger partial charge in [0.2, 0.25) is 0 Å². The molecule has 1 fully saturated rings. The van der Waals surface area contributed by atoms with Crippen LogP contribution >= 0.6 is 11.8 Å². The fourth-order valence-corrected chi connectivity index (χ4v) is 3.89. The van der Waals surface area contributed by atoms with Gasteiger partial charge >= 0.3 is 0 Å². The molecule has 1 aromatic heterocycles. The minimum absolute atomic E-state index is 0.0978. The van der Waals surface area contributed by atoms with Gasteiger partial charge in [0, 0.05) is 25.2 Å². The zero-order valence-electron chi connectivity index (χ0n) is 15.0. The van der Waals surface area contributed by atoms with Gasteiger partial charge in [0.25, 0.3) is 0 Å². The minimum Gasteiger partial charge on any atom is -0.497 e. The molecule has 0 spiro atoms. The highest BCUT2D eigenvalue weighted by Crippen LogP contribution is 2.36. The summed E-state index contributed by atoms with van der Waals surface area (Å²) >= 11 is 1.38. The Bertz CT molecular complexity index is 747. The predicted molar refractivity (Wildman–Crippen MR) is 97.2 cm³/mol. The van der Waals surface area contributed by atoms with Crippen molar-refractivity contribution in [2.24, 2.45) is 5.92 Å². The van der Waals surface area contributed by atoms with E-state index >= 15 is 0 Å². The van der Waals surface area contributed by atoms with Crippen molar-refractivity contribution in [3.05, 3.63) is 29.5 Å². The van der Waals surface area contributed by atoms with Gasteiger partial charge in [0.1, 0.15) is 17.3 Å². The summed E-state index contributed by atoms with van der Waals surface area (Å²) in [6.07, 6.45) is 3.99. The summed E-state index contributed by atoms with van der Waals surface area (Å²) in [5.41, 5.74) is 0.688. The molecule has 0 unspecified atom stereocenters. The number of anilines is 1. The Labute approximate surface area is 151 Å². The normalized spacial score (nSPS) is 15.7. The van der Waals surface area contributed by atoms with Crippen molar-refractivity contribution in [1.29, 1.82) is 0 Å². The lowest BCUT2D eigenvalue weighted by atomic mass is 9.99. The highest BCUT2D eigenvalue weighted by atomic mass is 32.2. The van der Waals surface area contributed by atoms with Crippen molar-refractivity contribution < 1.29 is 13.5 Å². The Hall–Kier alpha value is -1.76. The quantitative estimate of drug-likeness (QED) is 0.748. The van der Waals surface area contributed by atoms with Gasteiger partial charge in [-0.15, -0.1) is 0 Å². The first-order chi connectivity index (χ1) is 12.0. The molecule has 0 N–H and O–H groups in total. The Morgan fingerprint density at radius 3 is 2.32 bits per heavy atom. The van der Waals surface area contributed by atoms with E-state index in [9.17, 15) is 8.78 Å². The molecule has 2 aromatic rings. The van der Waals surface area contributed by atoms with Crippen LogP contribution in [0.25, 0.3) is 5.69 Å². The Balaban J connectivity index is 2.16. The van der Waals surface area contributed by atoms with Crippen molar-refractivity contribution in [1.82, 2.24) is 9.55 Å². The minimum atomic E-state index is -0.656. The molecule has 0 aliphatic carbocycles. The van der Waals surface area contributed by atoms with Crippen LogP contribution in [0.4, 0.5) is 14.6 Å². The van der Waals surface area contributed by atoms with Gasteiger partial charge in [-0.25, -0.2) is 13.8 Å². The number of nitrogens with zero attached hydrogens (tertiary/aromatic N) is 3. The topological polar surface area (TPSA) is 30.3 Å². The molecule has 1 aliphatic heterocycles. The lowest BCUT2D eigenvalue weighted by Crippen LogP contribution is -2.34. The van der Waals surface area contributed by atoms with Crippen molar-refractivity contribution in [3.63, 3.8) is 0 Å². The second kappa shape index (κ2) is 7.23. The summed E-state index contributed by atoms with van der Waals surface area (Å²) in [4.78, 5) is 6.73. The molecule has 1 aliphatic rings. The highest BCUT2D eigenvalue weighted by molar-refractivity contribution is 7.98. The van der Waals surface area contributed by atoms with Crippen LogP contribution in [0, 0.1) is 24.5 Å². The summed E-state index contributed by atoms with van der Waals surface area (Å²) in [5, 5.41) is 0.578. The fourth-order valence-electron chi connectivity index (χ4n) is 3.30. The molecule has 0 atom stereocenters. The molecule has 4 nitrogen and oxygen atoms in total. The maximum absolute atomic E-state index is 14.7. The van der Waals surface area contributed by atoms with Crippen LogP contribution in [0.1, 0.15) is 25.5 Å². The van der Waals surface area contributed by atoms with Crippen LogP contribution in [0.3, 0.4) is 0 Å². The SMILES string of the molecule is COc1cc(F)c(-n2c(SC)nc(C)c2N2CCC(C)CC2)c(F)c1. The fraction of sp³-hybridized carbons (Fsp3) is 0.500. The van der Waals surface area contributed by atoms with E-state index in [1.54, 1.807) is 4.57 Å². The number of hydrogen-bond donors (Lipinski definition) is 0. The van der Waals surface area contributed by atoms with E-state index in [4.69, 9.17) is 4.74 Å². The molecule has 0 amide bonds. The molecule has 0 saturated carbocycles. The summed E-state index contributed by atoms with van der Waals surface area (Å²) < 4.78 is 36.0. The van der Waals surface area contributed by atoms with Gasteiger partial charge in [-0.05, 0) is 31.9 Å². The van der Waals surface area contributed by atoms with Crippen molar-refractivity contribution in [2.75, 3.05) is 31.4 Å². The lowest BCUT2D eigenvalue weighted by molar-refractivity contribution is 0.405. The Morgan fingerprint density at radius 2 is 1.80 bits per heavy atom. The van der Waals surface area contributed by atoms with Gasteiger partial charge in [-0.3, -0.25) is 4.57 Å². The van der Waals surface area contributed by atoms with Gasteiger partial charge < -0.3 is 9.64 Å². The Kier molecular flexibility index (Phi) is 5.22. The first-order valence-electron chi connectivity index (χ1n) is 8.38. The van der Waals surface area contributed by atoms with E-state index in [-0.39, 0.29) is 11.4 Å². The molecule has 0 bridgehead atoms. The number of piperidine rings is 1. The van der Waals surface area contributed by atoms with Crippen molar-refractivity contribution in [3.8, 4) is 11.4 Å². The average molecular weight is 367 g/mol. The first-order valence-corrected chi connectivity index (χ1v) is 9.60. The summed E-state index contributed by atoms with van der Waals surface area (Å²) in [5.74, 6) is 0.295. The second-order valence-corrected chi connectivity index (χ2v) is 7.23. The summed E-state index contributed by atoms with van der Waals surface area (Å²) in [6, 6.07) is 2.42. The number of hydrogen-bond acceptors (Lipinski definition) is 4. The van der Waals surface area contributed by atoms with Crippen molar-refractivity contribution >= 4 is 17.6 Å². The largest absolute Gasteiger partial charge is 0.497 e. The monoisotopic (exact) mass is 367 g/mol. The van der Waals surface area contributed by atoms with E-state index in [2.05, 4.69) is 16.8 Å². The number of halogens is 2. The third-order valence-corrected chi connectivity index (χ3v) is 5.34. The van der Waals surface area contributed by atoms with E-state index in [0.717, 1.165) is 37.4 Å². The highest BCUT2D eigenvalue weighted by Gasteiger charge is 2.27. The number of ether oxygens (including phenoxy) is 1. The standard InChI is InChI=1S/C18H23F2N3OS/c1-11-5-7-22(8-6-11)17-12(2)21-18(25-4)23(17)16-14(19)9-13(24-3)10-15(16)20/h9-11H,5-8H2,1-4H3. The van der Waals surface area contributed by atoms with Gasteiger partial charge in [-0.2, -0.15) is 0 Å². The first kappa shape index (κ1) is 18.0. The van der Waals surface area contributed by atoms with Gasteiger partial charge in [0.15, 0.2) is 16.8 Å². The van der Waals surface area contributed by atoms with Crippen LogP contribution in [0.2, 0.25) is 0 Å². The number of aromatic nitrogens is 2. The molecule has 7 heteroatoms. The zero-order valence-corrected chi connectivity index (χ0v) is 15.8. The van der Waals surface area contributed by atoms with Crippen LogP contribution in [-0.4, -0.2) is 36.0 Å². The maximum Gasteiger partial charge on any atom is 0.174 e. The smallest absolute Gasteiger partial charge is 0.174 e. The number of rotatable bonds is 4. The van der Waals surface area contributed by atoms with Crippen LogP contribution < -0.4 is 9.64 Å². The van der Waals surface area contributed by atoms with Crippen LogP contribution in [0.5, 0.6) is 5.75 Å². The van der Waals surface area contributed by atoms with Crippen molar-refractivity contribution in [2.45, 2.75) is 31.8 Å². The molecular formula is C18H23F2N3OS. The molecule has 0 radical (unpaired) electrons. The molecule has 2 heterocycles. The third kappa shape index (κ3) is 3.34. The number of thioether (sulfide) groups is 1. The van der Waals surface area contributed by atoms with Crippen LogP contribution in [0.15, 0.2) is 17.3 Å². The Morgan fingerprint density at radius 1 is 1.20 bits per heavy atom. The number of benzene rings is 1. The molecule has 1 saturated heterocycles. The molecule has 25 heavy (non-hydrogen) atoms. The summed E-state index contributed by atoms with van der Waals surface area (Å²) in [6.45, 7) is 5.85. The van der Waals surface area contributed by atoms with E-state index in [1.165, 1.54) is 31.0 Å². The van der Waals surface area contributed by atoms with E-state index in [0.29, 0.717) is 11.1 Å². The third-order valence-electron chi connectivity index (χ3n) is 4.71. The predicted octanol–water partition coefficient (Wildman–Crippen LogP) is 4.43. The molecule has 136 valence electrons. The molecular weight excluding hydrogens is 344 g/mol. The zero-order chi connectivity index (χ0) is 18.1. The average Bonchev–Trinajstić information content (AvgIpc) is 2.91. The van der Waals surface area contributed by atoms with E-state index in [1.807, 2.05) is 13.2 Å². The van der Waals surface area contributed by atoms with Gasteiger partial charge in [-0.1, -0.05) is 18.7 Å². The molecule has 1 aromatic carbocycles.